The molecule has 0 saturated heterocycles. The number of nitrogens with one attached hydrogen (secondary N) is 4. The first-order valence-electron chi connectivity index (χ1n) is 7.90. The Bertz CT molecular complexity index is 555. The van der Waals surface area contributed by atoms with Gasteiger partial charge in [-0.25, -0.2) is 4.39 Å². The van der Waals surface area contributed by atoms with E-state index in [0.717, 1.165) is 6.42 Å². The lowest BCUT2D eigenvalue weighted by Crippen LogP contribution is -2.52. The molecule has 4 N–H and O–H groups in total. The smallest absolute Gasteiger partial charge is 0.257 e. The van der Waals surface area contributed by atoms with Crippen LogP contribution in [0.5, 0.6) is 0 Å². The van der Waals surface area contributed by atoms with Crippen molar-refractivity contribution in [1.29, 1.82) is 0 Å². The number of hydrogen-bond donors (Lipinski definition) is 4. The second-order valence-electron chi connectivity index (χ2n) is 5.85. The van der Waals surface area contributed by atoms with Gasteiger partial charge in [-0.15, -0.1) is 0 Å². The van der Waals surface area contributed by atoms with Gasteiger partial charge < -0.3 is 10.6 Å². The number of hydrazine groups is 1. The lowest BCUT2D eigenvalue weighted by molar-refractivity contribution is -0.119. The zero-order valence-corrected chi connectivity index (χ0v) is 14.0. The van der Waals surface area contributed by atoms with Crippen LogP contribution < -0.4 is 21.5 Å². The fourth-order valence-corrected chi connectivity index (χ4v) is 2.89. The van der Waals surface area contributed by atoms with Gasteiger partial charge in [0.25, 0.3) is 5.91 Å². The standard InChI is InChI=1S/C16H23FN4OS/c1-11-6-2-4-8-13(11)19-16(23)21-20-15(22)10-18-14-9-5-3-7-12(14)17/h3,5,7,9,11,13,18H,2,4,6,8,10H2,1H3,(H,20,22)(H2,19,21,23)/t11-,13-/m0/s1. The van der Waals surface area contributed by atoms with Crippen LogP contribution in [0, 0.1) is 11.7 Å². The van der Waals surface area contributed by atoms with Crippen molar-refractivity contribution in [2.45, 2.75) is 38.6 Å². The summed E-state index contributed by atoms with van der Waals surface area (Å²) in [4.78, 5) is 11.7. The number of hydrogen-bond acceptors (Lipinski definition) is 3. The Hall–Kier alpha value is -1.89. The van der Waals surface area contributed by atoms with E-state index in [1.807, 2.05) is 0 Å². The Balaban J connectivity index is 1.67. The topological polar surface area (TPSA) is 65.2 Å². The van der Waals surface area contributed by atoms with Crippen molar-refractivity contribution in [3.63, 3.8) is 0 Å². The normalized spacial score (nSPS) is 20.4. The van der Waals surface area contributed by atoms with E-state index in [4.69, 9.17) is 12.2 Å². The predicted octanol–water partition coefficient (Wildman–Crippen LogP) is 2.31. The molecule has 0 heterocycles. The molecule has 5 nitrogen and oxygen atoms in total. The second kappa shape index (κ2) is 8.67. The van der Waals surface area contributed by atoms with Crippen LogP contribution in [0.1, 0.15) is 32.6 Å². The first kappa shape index (κ1) is 17.5. The Labute approximate surface area is 141 Å². The molecule has 126 valence electrons. The molecule has 1 saturated carbocycles. The molecule has 23 heavy (non-hydrogen) atoms. The average Bonchev–Trinajstić information content (AvgIpc) is 2.54. The predicted molar refractivity (Wildman–Crippen MR) is 93.3 cm³/mol. The highest BCUT2D eigenvalue weighted by molar-refractivity contribution is 7.80. The number of benzene rings is 1. The maximum Gasteiger partial charge on any atom is 0.257 e. The van der Waals surface area contributed by atoms with Crippen molar-refractivity contribution in [3.8, 4) is 0 Å². The highest BCUT2D eigenvalue weighted by Crippen LogP contribution is 2.23. The maximum absolute atomic E-state index is 13.4. The largest absolute Gasteiger partial charge is 0.374 e. The summed E-state index contributed by atoms with van der Waals surface area (Å²) in [5, 5.41) is 6.37. The van der Waals surface area contributed by atoms with E-state index in [9.17, 15) is 9.18 Å². The van der Waals surface area contributed by atoms with Gasteiger partial charge in [0.15, 0.2) is 5.11 Å². The fourth-order valence-electron chi connectivity index (χ4n) is 2.69. The monoisotopic (exact) mass is 338 g/mol. The van der Waals surface area contributed by atoms with Crippen molar-refractivity contribution >= 4 is 28.9 Å². The van der Waals surface area contributed by atoms with Crippen LogP contribution >= 0.6 is 12.2 Å². The van der Waals surface area contributed by atoms with Crippen molar-refractivity contribution in [2.75, 3.05) is 11.9 Å². The van der Waals surface area contributed by atoms with E-state index in [1.165, 1.54) is 25.3 Å². The minimum atomic E-state index is -0.392. The van der Waals surface area contributed by atoms with Gasteiger partial charge in [0.05, 0.1) is 12.2 Å². The highest BCUT2D eigenvalue weighted by atomic mass is 32.1. The van der Waals surface area contributed by atoms with Crippen LogP contribution in [0.3, 0.4) is 0 Å². The molecular weight excluding hydrogens is 315 g/mol. The number of rotatable bonds is 4. The number of anilines is 1. The fraction of sp³-hybridized carbons (Fsp3) is 0.500. The Morgan fingerprint density at radius 1 is 1.26 bits per heavy atom. The number of amides is 1. The summed E-state index contributed by atoms with van der Waals surface area (Å²) in [7, 11) is 0. The van der Waals surface area contributed by atoms with Crippen LogP contribution in [0.25, 0.3) is 0 Å². The molecule has 1 aromatic rings. The Kier molecular flexibility index (Phi) is 6.58. The zero-order valence-electron chi connectivity index (χ0n) is 13.2. The molecule has 7 heteroatoms. The van der Waals surface area contributed by atoms with Gasteiger partial charge in [-0.05, 0) is 43.1 Å². The molecule has 1 fully saturated rings. The average molecular weight is 338 g/mol. The summed E-state index contributed by atoms with van der Waals surface area (Å²) in [6, 6.07) is 6.55. The van der Waals surface area contributed by atoms with Crippen LogP contribution in [-0.2, 0) is 4.79 Å². The van der Waals surface area contributed by atoms with E-state index < -0.39 is 5.82 Å². The molecule has 0 radical (unpaired) electrons. The summed E-state index contributed by atoms with van der Waals surface area (Å²) in [5.41, 5.74) is 5.48. The number of halogens is 1. The third kappa shape index (κ3) is 5.67. The van der Waals surface area contributed by atoms with Gasteiger partial charge in [0.1, 0.15) is 5.82 Å². The summed E-state index contributed by atoms with van der Waals surface area (Å²) >= 11 is 5.19. The number of carbonyl (C=O) groups excluding carboxylic acids is 1. The van der Waals surface area contributed by atoms with E-state index in [2.05, 4.69) is 28.4 Å². The lowest BCUT2D eigenvalue weighted by Gasteiger charge is -2.30. The van der Waals surface area contributed by atoms with Crippen LogP contribution in [0.4, 0.5) is 10.1 Å². The van der Waals surface area contributed by atoms with Gasteiger partial charge >= 0.3 is 0 Å². The molecule has 0 bridgehead atoms. The molecule has 1 aromatic carbocycles. The van der Waals surface area contributed by atoms with Crippen LogP contribution in [0.15, 0.2) is 24.3 Å². The summed E-state index contributed by atoms with van der Waals surface area (Å²) < 4.78 is 13.4. The van der Waals surface area contributed by atoms with Gasteiger partial charge in [0.2, 0.25) is 0 Å². The molecule has 1 aliphatic carbocycles. The maximum atomic E-state index is 13.4. The first-order valence-corrected chi connectivity index (χ1v) is 8.31. The summed E-state index contributed by atoms with van der Waals surface area (Å²) in [6.45, 7) is 2.16. The molecule has 2 rings (SSSR count). The molecule has 2 atom stereocenters. The Morgan fingerprint density at radius 3 is 2.74 bits per heavy atom. The van der Waals surface area contributed by atoms with Crippen molar-refractivity contribution in [1.82, 2.24) is 16.2 Å². The molecule has 0 unspecified atom stereocenters. The number of carbonyl (C=O) groups is 1. The van der Waals surface area contributed by atoms with Crippen LogP contribution in [0.2, 0.25) is 0 Å². The molecule has 1 amide bonds. The quantitative estimate of drug-likeness (QED) is 0.501. The van der Waals surface area contributed by atoms with Crippen molar-refractivity contribution in [2.24, 2.45) is 5.92 Å². The number of para-hydroxylation sites is 1. The minimum absolute atomic E-state index is 0.0453. The molecule has 0 aliphatic heterocycles. The van der Waals surface area contributed by atoms with Crippen molar-refractivity contribution in [3.05, 3.63) is 30.1 Å². The van der Waals surface area contributed by atoms with Gasteiger partial charge in [-0.2, -0.15) is 0 Å². The van der Waals surface area contributed by atoms with Gasteiger partial charge in [0, 0.05) is 6.04 Å². The third-order valence-electron chi connectivity index (χ3n) is 4.06. The molecule has 0 aromatic heterocycles. The van der Waals surface area contributed by atoms with E-state index >= 15 is 0 Å². The SMILES string of the molecule is C[C@H]1CCCC[C@@H]1NC(=S)NNC(=O)CNc1ccccc1F. The first-order chi connectivity index (χ1) is 11.1. The highest BCUT2D eigenvalue weighted by Gasteiger charge is 2.21. The molecule has 1 aliphatic rings. The van der Waals surface area contributed by atoms with Crippen LogP contribution in [-0.4, -0.2) is 23.6 Å². The minimum Gasteiger partial charge on any atom is -0.374 e. The molecule has 0 spiro atoms. The second-order valence-corrected chi connectivity index (χ2v) is 6.26. The van der Waals surface area contributed by atoms with Gasteiger partial charge in [-0.1, -0.05) is 31.9 Å². The summed E-state index contributed by atoms with van der Waals surface area (Å²) in [6.07, 6.45) is 4.74. The zero-order chi connectivity index (χ0) is 16.7. The van der Waals surface area contributed by atoms with E-state index in [-0.39, 0.29) is 12.5 Å². The van der Waals surface area contributed by atoms with E-state index in [1.54, 1.807) is 18.2 Å². The number of thiocarbonyl (C=S) groups is 1. The molecular formula is C16H23FN4OS. The summed E-state index contributed by atoms with van der Waals surface area (Å²) in [5.74, 6) is -0.146. The lowest BCUT2D eigenvalue weighted by atomic mass is 9.86. The van der Waals surface area contributed by atoms with Gasteiger partial charge in [-0.3, -0.25) is 15.6 Å². The third-order valence-corrected chi connectivity index (χ3v) is 4.28. The van der Waals surface area contributed by atoms with E-state index in [0.29, 0.717) is 22.8 Å². The Morgan fingerprint density at radius 2 is 2.00 bits per heavy atom. The van der Waals surface area contributed by atoms with Crippen molar-refractivity contribution < 1.29 is 9.18 Å².